The van der Waals surface area contributed by atoms with Gasteiger partial charge in [-0.05, 0) is 37.6 Å². The SMILES string of the molecule is Cc1ccc(-c2ccc(C(=O)NS(=O)(=O)CCCC#N)s2)o1. The van der Waals surface area contributed by atoms with Gasteiger partial charge in [0.05, 0.1) is 21.6 Å². The molecule has 0 saturated heterocycles. The minimum atomic E-state index is -3.72. The van der Waals surface area contributed by atoms with Crippen LogP contribution in [0.15, 0.2) is 28.7 Å². The molecule has 0 fully saturated rings. The largest absolute Gasteiger partial charge is 0.461 e. The number of amides is 1. The first-order valence-electron chi connectivity index (χ1n) is 6.50. The fraction of sp³-hybridized carbons (Fsp3) is 0.286. The number of furan rings is 1. The number of nitrogens with zero attached hydrogens (tertiary/aromatic N) is 1. The number of carbonyl (C=O) groups is 1. The summed E-state index contributed by atoms with van der Waals surface area (Å²) in [5.74, 6) is 0.478. The van der Waals surface area contributed by atoms with Gasteiger partial charge in [-0.2, -0.15) is 5.26 Å². The minimum Gasteiger partial charge on any atom is -0.461 e. The Morgan fingerprint density at radius 3 is 2.77 bits per heavy atom. The van der Waals surface area contributed by atoms with E-state index >= 15 is 0 Å². The molecule has 2 rings (SSSR count). The van der Waals surface area contributed by atoms with Gasteiger partial charge in [-0.3, -0.25) is 4.79 Å². The molecule has 0 aliphatic carbocycles. The summed E-state index contributed by atoms with van der Waals surface area (Å²) in [6.45, 7) is 1.82. The minimum absolute atomic E-state index is 0.135. The highest BCUT2D eigenvalue weighted by Crippen LogP contribution is 2.29. The van der Waals surface area contributed by atoms with Gasteiger partial charge in [-0.15, -0.1) is 11.3 Å². The molecule has 0 aliphatic heterocycles. The normalized spacial score (nSPS) is 11.1. The van der Waals surface area contributed by atoms with E-state index in [1.54, 1.807) is 18.2 Å². The molecule has 0 aromatic carbocycles. The maximum Gasteiger partial charge on any atom is 0.274 e. The maximum absolute atomic E-state index is 12.0. The lowest BCUT2D eigenvalue weighted by atomic mass is 10.3. The van der Waals surface area contributed by atoms with E-state index in [4.69, 9.17) is 9.68 Å². The van der Waals surface area contributed by atoms with Crippen LogP contribution in [0, 0.1) is 18.3 Å². The number of aryl methyl sites for hydroxylation is 1. The molecule has 0 radical (unpaired) electrons. The predicted octanol–water partition coefficient (Wildman–Crippen LogP) is 2.68. The van der Waals surface area contributed by atoms with Gasteiger partial charge in [0.1, 0.15) is 11.5 Å². The molecule has 0 spiro atoms. The molecule has 0 unspecified atom stereocenters. The highest BCUT2D eigenvalue weighted by molar-refractivity contribution is 7.90. The summed E-state index contributed by atoms with van der Waals surface area (Å²) in [5, 5.41) is 8.40. The topological polar surface area (TPSA) is 100 Å². The van der Waals surface area contributed by atoms with E-state index in [0.717, 1.165) is 22.0 Å². The van der Waals surface area contributed by atoms with Crippen molar-refractivity contribution in [1.29, 1.82) is 5.26 Å². The van der Waals surface area contributed by atoms with Crippen LogP contribution in [-0.2, 0) is 10.0 Å². The number of sulfonamides is 1. The Morgan fingerprint density at radius 2 is 2.14 bits per heavy atom. The number of thiophene rings is 1. The first kappa shape index (κ1) is 16.3. The van der Waals surface area contributed by atoms with Crippen LogP contribution in [0.5, 0.6) is 0 Å². The van der Waals surface area contributed by atoms with E-state index in [1.807, 2.05) is 23.8 Å². The second-order valence-corrected chi connectivity index (χ2v) is 7.51. The van der Waals surface area contributed by atoms with Crippen LogP contribution in [0.25, 0.3) is 10.6 Å². The van der Waals surface area contributed by atoms with Crippen molar-refractivity contribution in [3.05, 3.63) is 34.9 Å². The van der Waals surface area contributed by atoms with Crippen molar-refractivity contribution in [3.63, 3.8) is 0 Å². The molecular formula is C14H14N2O4S2. The van der Waals surface area contributed by atoms with Crippen molar-refractivity contribution < 1.29 is 17.6 Å². The summed E-state index contributed by atoms with van der Waals surface area (Å²) < 4.78 is 30.9. The molecule has 0 saturated carbocycles. The molecule has 2 heterocycles. The Morgan fingerprint density at radius 1 is 1.36 bits per heavy atom. The summed E-state index contributed by atoms with van der Waals surface area (Å²) in [6, 6.07) is 8.73. The average Bonchev–Trinajstić information content (AvgIpc) is 3.06. The number of hydrogen-bond acceptors (Lipinski definition) is 6. The summed E-state index contributed by atoms with van der Waals surface area (Å²) in [5.41, 5.74) is 0. The molecule has 1 amide bonds. The van der Waals surface area contributed by atoms with E-state index in [0.29, 0.717) is 5.76 Å². The zero-order valence-electron chi connectivity index (χ0n) is 11.8. The van der Waals surface area contributed by atoms with E-state index in [1.165, 1.54) is 0 Å². The van der Waals surface area contributed by atoms with Gasteiger partial charge < -0.3 is 4.42 Å². The lowest BCUT2D eigenvalue weighted by Gasteiger charge is -2.04. The van der Waals surface area contributed by atoms with Crippen LogP contribution < -0.4 is 4.72 Å². The Hall–Kier alpha value is -2.11. The number of unbranched alkanes of at least 4 members (excludes halogenated alkanes) is 1. The molecule has 0 atom stereocenters. The fourth-order valence-electron chi connectivity index (χ4n) is 1.74. The van der Waals surface area contributed by atoms with Crippen molar-refractivity contribution in [2.75, 3.05) is 5.75 Å². The maximum atomic E-state index is 12.0. The molecule has 0 bridgehead atoms. The summed E-state index contributed by atoms with van der Waals surface area (Å²) in [4.78, 5) is 13.0. The fourth-order valence-corrected chi connectivity index (χ4v) is 3.69. The van der Waals surface area contributed by atoms with Crippen LogP contribution >= 0.6 is 11.3 Å². The smallest absolute Gasteiger partial charge is 0.274 e. The first-order chi connectivity index (χ1) is 10.4. The molecule has 2 aromatic rings. The highest BCUT2D eigenvalue weighted by Gasteiger charge is 2.18. The molecule has 6 nitrogen and oxygen atoms in total. The Labute approximate surface area is 132 Å². The molecule has 1 N–H and O–H groups in total. The van der Waals surface area contributed by atoms with Crippen molar-refractivity contribution in [1.82, 2.24) is 4.72 Å². The third-order valence-corrected chi connectivity index (χ3v) is 5.18. The number of hydrogen-bond donors (Lipinski definition) is 1. The zero-order valence-corrected chi connectivity index (χ0v) is 13.5. The summed E-state index contributed by atoms with van der Waals surface area (Å²) in [6.07, 6.45) is 0.330. The molecule has 2 aromatic heterocycles. The van der Waals surface area contributed by atoms with E-state index in [2.05, 4.69) is 0 Å². The highest BCUT2D eigenvalue weighted by atomic mass is 32.2. The van der Waals surface area contributed by atoms with Gasteiger partial charge in [0.2, 0.25) is 10.0 Å². The van der Waals surface area contributed by atoms with Gasteiger partial charge in [0.25, 0.3) is 5.91 Å². The van der Waals surface area contributed by atoms with Crippen molar-refractivity contribution in [3.8, 4) is 16.7 Å². The second kappa shape index (κ2) is 6.77. The standard InChI is InChI=1S/C14H14N2O4S2/c1-10-4-5-11(20-10)12-6-7-13(21-12)14(17)16-22(18,19)9-3-2-8-15/h4-7H,2-3,9H2,1H3,(H,16,17). The van der Waals surface area contributed by atoms with Gasteiger partial charge in [-0.1, -0.05) is 0 Å². The van der Waals surface area contributed by atoms with Crippen LogP contribution in [0.1, 0.15) is 28.3 Å². The Kier molecular flexibility index (Phi) is 5.00. The van der Waals surface area contributed by atoms with E-state index in [-0.39, 0.29) is 23.5 Å². The number of nitrogens with one attached hydrogen (secondary N) is 1. The summed E-state index contributed by atoms with van der Waals surface area (Å²) >= 11 is 1.15. The number of carbonyl (C=O) groups excluding carboxylic acids is 1. The molecule has 22 heavy (non-hydrogen) atoms. The molecule has 0 aliphatic rings. The number of rotatable bonds is 6. The monoisotopic (exact) mass is 338 g/mol. The molecular weight excluding hydrogens is 324 g/mol. The second-order valence-electron chi connectivity index (χ2n) is 4.59. The van der Waals surface area contributed by atoms with E-state index < -0.39 is 15.9 Å². The van der Waals surface area contributed by atoms with Gasteiger partial charge in [0.15, 0.2) is 0 Å². The van der Waals surface area contributed by atoms with E-state index in [9.17, 15) is 13.2 Å². The molecule has 116 valence electrons. The lowest BCUT2D eigenvalue weighted by molar-refractivity contribution is 0.0985. The number of nitriles is 1. The lowest BCUT2D eigenvalue weighted by Crippen LogP contribution is -2.32. The van der Waals surface area contributed by atoms with Crippen LogP contribution in [-0.4, -0.2) is 20.1 Å². The first-order valence-corrected chi connectivity index (χ1v) is 8.96. The van der Waals surface area contributed by atoms with Gasteiger partial charge >= 0.3 is 0 Å². The molecule has 8 heteroatoms. The van der Waals surface area contributed by atoms with Crippen molar-refractivity contribution in [2.24, 2.45) is 0 Å². The van der Waals surface area contributed by atoms with Crippen LogP contribution in [0.4, 0.5) is 0 Å². The summed E-state index contributed by atoms with van der Waals surface area (Å²) in [7, 11) is -3.72. The Balaban J connectivity index is 2.05. The quantitative estimate of drug-likeness (QED) is 0.816. The van der Waals surface area contributed by atoms with Crippen LogP contribution in [0.2, 0.25) is 0 Å². The van der Waals surface area contributed by atoms with Crippen LogP contribution in [0.3, 0.4) is 0 Å². The van der Waals surface area contributed by atoms with Gasteiger partial charge in [-0.25, -0.2) is 13.1 Å². The van der Waals surface area contributed by atoms with Crippen molar-refractivity contribution >= 4 is 27.3 Å². The predicted molar refractivity (Wildman–Crippen MR) is 82.9 cm³/mol. The Bertz CT molecular complexity index is 812. The third kappa shape index (κ3) is 4.19. The zero-order chi connectivity index (χ0) is 16.2. The van der Waals surface area contributed by atoms with Crippen molar-refractivity contribution in [2.45, 2.75) is 19.8 Å². The van der Waals surface area contributed by atoms with Gasteiger partial charge in [0, 0.05) is 6.42 Å². The average molecular weight is 338 g/mol. The third-order valence-electron chi connectivity index (χ3n) is 2.76.